The van der Waals surface area contributed by atoms with Crippen LogP contribution in [0.15, 0.2) is 30.3 Å². The molecule has 1 saturated heterocycles. The molecule has 1 saturated carbocycles. The van der Waals surface area contributed by atoms with Crippen LogP contribution >= 0.6 is 0 Å². The normalized spacial score (nSPS) is 25.1. The molecular formula is C17H26N2O. The number of nitrogens with zero attached hydrogens (tertiary/aromatic N) is 1. The van der Waals surface area contributed by atoms with Crippen LogP contribution in [0.1, 0.15) is 44.1 Å². The third-order valence-electron chi connectivity index (χ3n) is 4.46. The summed E-state index contributed by atoms with van der Waals surface area (Å²) in [6.45, 7) is 3.36. The number of hydrogen-bond donors (Lipinski definition) is 1. The summed E-state index contributed by atoms with van der Waals surface area (Å²) in [4.78, 5) is 8.40. The summed E-state index contributed by atoms with van der Waals surface area (Å²) >= 11 is 0. The maximum Gasteiger partial charge on any atom is 0.0790 e. The molecule has 1 heterocycles. The molecule has 1 unspecified atom stereocenters. The van der Waals surface area contributed by atoms with Gasteiger partial charge in [0.2, 0.25) is 0 Å². The average molecular weight is 274 g/mol. The van der Waals surface area contributed by atoms with E-state index in [1.807, 2.05) is 0 Å². The topological polar surface area (TPSA) is 24.5 Å². The second kappa shape index (κ2) is 7.21. The first-order chi connectivity index (χ1) is 9.90. The quantitative estimate of drug-likeness (QED) is 0.835. The van der Waals surface area contributed by atoms with Crippen LogP contribution in [0.5, 0.6) is 0 Å². The molecule has 2 fully saturated rings. The number of benzene rings is 1. The predicted molar refractivity (Wildman–Crippen MR) is 81.2 cm³/mol. The van der Waals surface area contributed by atoms with E-state index in [-0.39, 0.29) is 0 Å². The van der Waals surface area contributed by atoms with Gasteiger partial charge >= 0.3 is 0 Å². The molecule has 3 heteroatoms. The van der Waals surface area contributed by atoms with Gasteiger partial charge in [-0.1, -0.05) is 43.2 Å². The molecule has 1 aliphatic carbocycles. The van der Waals surface area contributed by atoms with Gasteiger partial charge in [-0.15, -0.1) is 0 Å². The molecule has 1 N–H and O–H groups in total. The Kier molecular flexibility index (Phi) is 5.06. The third-order valence-corrected chi connectivity index (χ3v) is 4.46. The molecule has 1 atom stereocenters. The Hall–Kier alpha value is -0.900. The first-order valence-corrected chi connectivity index (χ1v) is 8.07. The lowest BCUT2D eigenvalue weighted by atomic mass is 10.1. The molecular weight excluding hydrogens is 248 g/mol. The van der Waals surface area contributed by atoms with Crippen LogP contribution < -0.4 is 5.48 Å². The van der Waals surface area contributed by atoms with E-state index in [9.17, 15) is 0 Å². The maximum absolute atomic E-state index is 5.86. The number of likely N-dealkylation sites (tertiary alicyclic amines) is 1. The average Bonchev–Trinajstić information content (AvgIpc) is 3.00. The van der Waals surface area contributed by atoms with Crippen molar-refractivity contribution in [2.24, 2.45) is 0 Å². The van der Waals surface area contributed by atoms with Gasteiger partial charge < -0.3 is 0 Å². The van der Waals surface area contributed by atoms with Crippen LogP contribution in [0.2, 0.25) is 0 Å². The van der Waals surface area contributed by atoms with Crippen molar-refractivity contribution < 1.29 is 4.84 Å². The summed E-state index contributed by atoms with van der Waals surface area (Å²) in [6, 6.07) is 11.3. The molecule has 1 aliphatic heterocycles. The SMILES string of the molecule is c1ccc(CN2CCCC(NOC3CCCC3)C2)cc1. The Morgan fingerprint density at radius 3 is 2.65 bits per heavy atom. The van der Waals surface area contributed by atoms with Crippen molar-refractivity contribution in [1.29, 1.82) is 0 Å². The van der Waals surface area contributed by atoms with E-state index in [2.05, 4.69) is 40.7 Å². The zero-order valence-electron chi connectivity index (χ0n) is 12.3. The van der Waals surface area contributed by atoms with Gasteiger partial charge in [0, 0.05) is 19.1 Å². The van der Waals surface area contributed by atoms with Crippen LogP contribution in [0.25, 0.3) is 0 Å². The van der Waals surface area contributed by atoms with Gasteiger partial charge in [-0.05, 0) is 37.8 Å². The summed E-state index contributed by atoms with van der Waals surface area (Å²) in [5, 5.41) is 0. The lowest BCUT2D eigenvalue weighted by Crippen LogP contribution is -2.46. The summed E-state index contributed by atoms with van der Waals surface area (Å²) in [7, 11) is 0. The van der Waals surface area contributed by atoms with E-state index < -0.39 is 0 Å². The van der Waals surface area contributed by atoms with Gasteiger partial charge in [0.15, 0.2) is 0 Å². The first-order valence-electron chi connectivity index (χ1n) is 8.07. The highest BCUT2D eigenvalue weighted by Gasteiger charge is 2.22. The van der Waals surface area contributed by atoms with E-state index in [4.69, 9.17) is 4.84 Å². The predicted octanol–water partition coefficient (Wildman–Crippen LogP) is 3.11. The van der Waals surface area contributed by atoms with Crippen molar-refractivity contribution >= 4 is 0 Å². The van der Waals surface area contributed by atoms with Gasteiger partial charge in [0.25, 0.3) is 0 Å². The van der Waals surface area contributed by atoms with E-state index >= 15 is 0 Å². The molecule has 0 amide bonds. The van der Waals surface area contributed by atoms with Crippen molar-refractivity contribution in [2.75, 3.05) is 13.1 Å². The Labute approximate surface area is 122 Å². The van der Waals surface area contributed by atoms with E-state index in [0.29, 0.717) is 12.1 Å². The molecule has 1 aromatic rings. The molecule has 2 aliphatic rings. The van der Waals surface area contributed by atoms with Gasteiger partial charge in [-0.25, -0.2) is 0 Å². The van der Waals surface area contributed by atoms with E-state index in [0.717, 1.165) is 13.1 Å². The van der Waals surface area contributed by atoms with Gasteiger partial charge in [-0.2, -0.15) is 5.48 Å². The van der Waals surface area contributed by atoms with Crippen LogP contribution in [0.3, 0.4) is 0 Å². The Morgan fingerprint density at radius 2 is 1.85 bits per heavy atom. The highest BCUT2D eigenvalue weighted by molar-refractivity contribution is 5.14. The molecule has 110 valence electrons. The summed E-state index contributed by atoms with van der Waals surface area (Å²) in [6.07, 6.45) is 8.07. The lowest BCUT2D eigenvalue weighted by molar-refractivity contribution is -0.0531. The molecule has 3 nitrogen and oxygen atoms in total. The van der Waals surface area contributed by atoms with Crippen molar-refractivity contribution in [3.63, 3.8) is 0 Å². The highest BCUT2D eigenvalue weighted by Crippen LogP contribution is 2.21. The number of rotatable bonds is 5. The summed E-state index contributed by atoms with van der Waals surface area (Å²) in [5.41, 5.74) is 4.74. The fraction of sp³-hybridized carbons (Fsp3) is 0.647. The minimum absolute atomic E-state index is 0.458. The fourth-order valence-corrected chi connectivity index (χ4v) is 3.34. The third kappa shape index (κ3) is 4.05. The summed E-state index contributed by atoms with van der Waals surface area (Å²) < 4.78 is 0. The van der Waals surface area contributed by atoms with Crippen LogP contribution in [-0.4, -0.2) is 30.1 Å². The highest BCUT2D eigenvalue weighted by atomic mass is 16.7. The molecule has 1 aromatic carbocycles. The first kappa shape index (κ1) is 14.1. The Bertz CT molecular complexity index is 389. The molecule has 0 aromatic heterocycles. The molecule has 0 bridgehead atoms. The van der Waals surface area contributed by atoms with Gasteiger partial charge in [-0.3, -0.25) is 9.74 Å². The van der Waals surface area contributed by atoms with Crippen molar-refractivity contribution in [1.82, 2.24) is 10.4 Å². The number of piperidine rings is 1. The van der Waals surface area contributed by atoms with Gasteiger partial charge in [0.05, 0.1) is 6.10 Å². The molecule has 20 heavy (non-hydrogen) atoms. The monoisotopic (exact) mass is 274 g/mol. The maximum atomic E-state index is 5.86. The van der Waals surface area contributed by atoms with Crippen molar-refractivity contribution in [3.05, 3.63) is 35.9 Å². The summed E-state index contributed by atoms with van der Waals surface area (Å²) in [5.74, 6) is 0. The number of hydroxylamine groups is 1. The minimum Gasteiger partial charge on any atom is -0.298 e. The van der Waals surface area contributed by atoms with Crippen molar-refractivity contribution in [2.45, 2.75) is 57.2 Å². The lowest BCUT2D eigenvalue weighted by Gasteiger charge is -2.33. The second-order valence-corrected chi connectivity index (χ2v) is 6.20. The number of hydrogen-bond acceptors (Lipinski definition) is 3. The standard InChI is InChI=1S/C17H26N2O/c1-2-7-15(8-3-1)13-19-12-6-9-16(14-19)18-20-17-10-4-5-11-17/h1-3,7-8,16-18H,4-6,9-14H2. The minimum atomic E-state index is 0.458. The zero-order valence-corrected chi connectivity index (χ0v) is 12.3. The number of nitrogens with one attached hydrogen (secondary N) is 1. The van der Waals surface area contributed by atoms with E-state index in [1.54, 1.807) is 0 Å². The van der Waals surface area contributed by atoms with Crippen LogP contribution in [0.4, 0.5) is 0 Å². The van der Waals surface area contributed by atoms with Crippen LogP contribution in [-0.2, 0) is 11.4 Å². The Morgan fingerprint density at radius 1 is 1.05 bits per heavy atom. The van der Waals surface area contributed by atoms with Crippen LogP contribution in [0, 0.1) is 0 Å². The Balaban J connectivity index is 1.44. The van der Waals surface area contributed by atoms with Gasteiger partial charge in [0.1, 0.15) is 0 Å². The van der Waals surface area contributed by atoms with E-state index in [1.165, 1.54) is 50.6 Å². The second-order valence-electron chi connectivity index (χ2n) is 6.20. The molecule has 0 spiro atoms. The smallest absolute Gasteiger partial charge is 0.0790 e. The molecule has 0 radical (unpaired) electrons. The fourth-order valence-electron chi connectivity index (χ4n) is 3.34. The zero-order chi connectivity index (χ0) is 13.6. The van der Waals surface area contributed by atoms with Crippen molar-refractivity contribution in [3.8, 4) is 0 Å². The molecule has 3 rings (SSSR count). The largest absolute Gasteiger partial charge is 0.298 e.